The lowest BCUT2D eigenvalue weighted by Gasteiger charge is -2.33. The third kappa shape index (κ3) is 4.47. The average molecular weight is 302 g/mol. The van der Waals surface area contributed by atoms with E-state index < -0.39 is 0 Å². The third-order valence-electron chi connectivity index (χ3n) is 4.55. The number of benzene rings is 1. The van der Waals surface area contributed by atoms with Gasteiger partial charge in [-0.05, 0) is 41.9 Å². The maximum absolute atomic E-state index is 7.31. The van der Waals surface area contributed by atoms with Crippen molar-refractivity contribution in [1.29, 1.82) is 5.41 Å². The van der Waals surface area contributed by atoms with Crippen molar-refractivity contribution in [2.75, 3.05) is 13.1 Å². The number of hydrogen-bond acceptors (Lipinski definition) is 2. The Labute approximate surface area is 134 Å². The summed E-state index contributed by atoms with van der Waals surface area (Å²) in [4.78, 5) is 2.50. The molecule has 4 N–H and O–H groups in total. The number of nitrogens with one attached hydrogen (secondary N) is 2. The van der Waals surface area contributed by atoms with E-state index in [0.717, 1.165) is 32.5 Å². The highest BCUT2D eigenvalue weighted by atomic mass is 15.2. The van der Waals surface area contributed by atoms with E-state index in [1.54, 1.807) is 0 Å². The second-order valence-electron chi connectivity index (χ2n) is 7.50. The predicted octanol–water partition coefficient (Wildman–Crippen LogP) is 2.74. The van der Waals surface area contributed by atoms with Crippen molar-refractivity contribution in [3.8, 4) is 0 Å². The van der Waals surface area contributed by atoms with Gasteiger partial charge < -0.3 is 11.1 Å². The standard InChI is InChI=1S/C18H30N4/c1-13-11-15(18(2,3)4)6-5-14(13)12-22-9-7-16(8-10-22)21-17(19)20/h5-6,11,16H,7-10,12H2,1-4H3,(H4,19,20,21). The SMILES string of the molecule is Cc1cc(C(C)(C)C)ccc1CN1CCC(NC(=N)N)CC1. The molecular formula is C18H30N4. The average Bonchev–Trinajstić information content (AvgIpc) is 2.41. The van der Waals surface area contributed by atoms with Gasteiger partial charge in [0, 0.05) is 25.7 Å². The van der Waals surface area contributed by atoms with Gasteiger partial charge in [0.25, 0.3) is 0 Å². The molecule has 0 radical (unpaired) electrons. The van der Waals surface area contributed by atoms with Crippen LogP contribution in [0.15, 0.2) is 18.2 Å². The first-order valence-electron chi connectivity index (χ1n) is 8.18. The van der Waals surface area contributed by atoms with Crippen LogP contribution >= 0.6 is 0 Å². The monoisotopic (exact) mass is 302 g/mol. The summed E-state index contributed by atoms with van der Waals surface area (Å²) < 4.78 is 0. The largest absolute Gasteiger partial charge is 0.370 e. The Morgan fingerprint density at radius 1 is 1.32 bits per heavy atom. The van der Waals surface area contributed by atoms with Gasteiger partial charge in [0.2, 0.25) is 0 Å². The van der Waals surface area contributed by atoms with Gasteiger partial charge in [-0.1, -0.05) is 39.0 Å². The smallest absolute Gasteiger partial charge is 0.185 e. The van der Waals surface area contributed by atoms with Crippen molar-refractivity contribution in [3.63, 3.8) is 0 Å². The molecule has 4 nitrogen and oxygen atoms in total. The molecule has 0 spiro atoms. The summed E-state index contributed by atoms with van der Waals surface area (Å²) in [6.07, 6.45) is 2.11. The van der Waals surface area contributed by atoms with Crippen LogP contribution in [0.3, 0.4) is 0 Å². The number of nitrogens with two attached hydrogens (primary N) is 1. The Balaban J connectivity index is 1.94. The Kier molecular flexibility index (Phi) is 5.12. The van der Waals surface area contributed by atoms with Gasteiger partial charge in [-0.15, -0.1) is 0 Å². The minimum absolute atomic E-state index is 0.0899. The molecular weight excluding hydrogens is 272 g/mol. The minimum atomic E-state index is 0.0899. The molecule has 0 amide bonds. The first-order chi connectivity index (χ1) is 10.3. The van der Waals surface area contributed by atoms with Crippen molar-refractivity contribution in [1.82, 2.24) is 10.2 Å². The first-order valence-corrected chi connectivity index (χ1v) is 8.18. The quantitative estimate of drug-likeness (QED) is 0.594. The van der Waals surface area contributed by atoms with E-state index in [2.05, 4.69) is 56.1 Å². The molecule has 2 rings (SSSR count). The third-order valence-corrected chi connectivity index (χ3v) is 4.55. The normalized spacial score (nSPS) is 17.5. The van der Waals surface area contributed by atoms with Crippen LogP contribution in [-0.4, -0.2) is 30.0 Å². The van der Waals surface area contributed by atoms with Gasteiger partial charge in [-0.3, -0.25) is 10.3 Å². The second kappa shape index (κ2) is 6.69. The lowest BCUT2D eigenvalue weighted by atomic mass is 9.85. The number of aryl methyl sites for hydroxylation is 1. The van der Waals surface area contributed by atoms with Gasteiger partial charge in [-0.25, -0.2) is 0 Å². The van der Waals surface area contributed by atoms with Crippen LogP contribution in [0.5, 0.6) is 0 Å². The number of likely N-dealkylation sites (tertiary alicyclic amines) is 1. The van der Waals surface area contributed by atoms with E-state index in [1.807, 2.05) is 0 Å². The molecule has 4 heteroatoms. The van der Waals surface area contributed by atoms with E-state index in [9.17, 15) is 0 Å². The number of rotatable bonds is 3. The van der Waals surface area contributed by atoms with Gasteiger partial charge >= 0.3 is 0 Å². The number of guanidine groups is 1. The van der Waals surface area contributed by atoms with Crippen molar-refractivity contribution < 1.29 is 0 Å². The molecule has 1 aliphatic heterocycles. The van der Waals surface area contributed by atoms with Gasteiger partial charge in [0.15, 0.2) is 5.96 Å². The van der Waals surface area contributed by atoms with Crippen molar-refractivity contribution in [2.45, 2.75) is 58.5 Å². The fourth-order valence-electron chi connectivity index (χ4n) is 3.04. The number of hydrogen-bond donors (Lipinski definition) is 3. The molecule has 0 aliphatic carbocycles. The molecule has 0 aromatic heterocycles. The van der Waals surface area contributed by atoms with Crippen LogP contribution < -0.4 is 11.1 Å². The highest BCUT2D eigenvalue weighted by Gasteiger charge is 2.20. The summed E-state index contributed by atoms with van der Waals surface area (Å²) in [5.41, 5.74) is 9.83. The molecule has 1 fully saturated rings. The van der Waals surface area contributed by atoms with E-state index in [4.69, 9.17) is 11.1 Å². The molecule has 1 aromatic rings. The highest BCUT2D eigenvalue weighted by molar-refractivity contribution is 5.74. The van der Waals surface area contributed by atoms with Gasteiger partial charge in [0.1, 0.15) is 0 Å². The van der Waals surface area contributed by atoms with E-state index >= 15 is 0 Å². The zero-order valence-electron chi connectivity index (χ0n) is 14.4. The Morgan fingerprint density at radius 2 is 1.95 bits per heavy atom. The molecule has 1 aromatic carbocycles. The summed E-state index contributed by atoms with van der Waals surface area (Å²) in [6.45, 7) is 12.1. The van der Waals surface area contributed by atoms with Crippen LogP contribution in [-0.2, 0) is 12.0 Å². The maximum Gasteiger partial charge on any atom is 0.185 e. The van der Waals surface area contributed by atoms with Crippen molar-refractivity contribution in [2.24, 2.45) is 5.73 Å². The Hall–Kier alpha value is -1.55. The summed E-state index contributed by atoms with van der Waals surface area (Å²) >= 11 is 0. The summed E-state index contributed by atoms with van der Waals surface area (Å²) in [7, 11) is 0. The van der Waals surface area contributed by atoms with Crippen LogP contribution in [0.2, 0.25) is 0 Å². The molecule has 0 unspecified atom stereocenters. The summed E-state index contributed by atoms with van der Waals surface area (Å²) in [5, 5.41) is 10.3. The molecule has 1 aliphatic rings. The van der Waals surface area contributed by atoms with Crippen LogP contribution in [0.25, 0.3) is 0 Å². The molecule has 0 bridgehead atoms. The lowest BCUT2D eigenvalue weighted by molar-refractivity contribution is 0.198. The molecule has 122 valence electrons. The van der Waals surface area contributed by atoms with Gasteiger partial charge in [0.05, 0.1) is 0 Å². The number of nitrogens with zero attached hydrogens (tertiary/aromatic N) is 1. The topological polar surface area (TPSA) is 65.1 Å². The van der Waals surface area contributed by atoms with Crippen LogP contribution in [0, 0.1) is 12.3 Å². The molecule has 0 atom stereocenters. The summed E-state index contributed by atoms with van der Waals surface area (Å²) in [5.74, 6) is 0.0899. The lowest BCUT2D eigenvalue weighted by Crippen LogP contribution is -2.46. The number of piperidine rings is 1. The summed E-state index contributed by atoms with van der Waals surface area (Å²) in [6, 6.07) is 7.25. The van der Waals surface area contributed by atoms with E-state index in [1.165, 1.54) is 16.7 Å². The molecule has 1 saturated heterocycles. The minimum Gasteiger partial charge on any atom is -0.370 e. The van der Waals surface area contributed by atoms with Crippen LogP contribution in [0.1, 0.15) is 50.3 Å². The second-order valence-corrected chi connectivity index (χ2v) is 7.50. The molecule has 22 heavy (non-hydrogen) atoms. The Morgan fingerprint density at radius 3 is 2.45 bits per heavy atom. The van der Waals surface area contributed by atoms with Crippen molar-refractivity contribution >= 4 is 5.96 Å². The fourth-order valence-corrected chi connectivity index (χ4v) is 3.04. The zero-order valence-corrected chi connectivity index (χ0v) is 14.4. The zero-order chi connectivity index (χ0) is 16.3. The predicted molar refractivity (Wildman–Crippen MR) is 93.2 cm³/mol. The molecule has 1 heterocycles. The van der Waals surface area contributed by atoms with E-state index in [0.29, 0.717) is 6.04 Å². The Bertz CT molecular complexity index is 522. The maximum atomic E-state index is 7.31. The molecule has 0 saturated carbocycles. The highest BCUT2D eigenvalue weighted by Crippen LogP contribution is 2.25. The first kappa shape index (κ1) is 16.8. The van der Waals surface area contributed by atoms with Crippen LogP contribution in [0.4, 0.5) is 0 Å². The van der Waals surface area contributed by atoms with E-state index in [-0.39, 0.29) is 11.4 Å². The van der Waals surface area contributed by atoms with Gasteiger partial charge in [-0.2, -0.15) is 0 Å². The fraction of sp³-hybridized carbons (Fsp3) is 0.611. The van der Waals surface area contributed by atoms with Crippen molar-refractivity contribution in [3.05, 3.63) is 34.9 Å².